The van der Waals surface area contributed by atoms with Gasteiger partial charge in [-0.3, -0.25) is 9.59 Å². The maximum absolute atomic E-state index is 12.7. The van der Waals surface area contributed by atoms with Crippen LogP contribution in [-0.4, -0.2) is 63.0 Å². The number of aromatic carboxylic acids is 1. The number of aromatic nitrogens is 2. The van der Waals surface area contributed by atoms with Gasteiger partial charge in [-0.1, -0.05) is 0 Å². The summed E-state index contributed by atoms with van der Waals surface area (Å²) in [7, 11) is 1.63. The summed E-state index contributed by atoms with van der Waals surface area (Å²) >= 11 is 0. The van der Waals surface area contributed by atoms with Gasteiger partial charge in [0, 0.05) is 18.9 Å². The molecule has 10 nitrogen and oxygen atoms in total. The molecule has 0 saturated carbocycles. The van der Waals surface area contributed by atoms with E-state index in [1.807, 2.05) is 5.10 Å². The Morgan fingerprint density at radius 3 is 2.62 bits per heavy atom. The molecule has 2 heterocycles. The lowest BCUT2D eigenvalue weighted by molar-refractivity contribution is -0.841. The van der Waals surface area contributed by atoms with E-state index < -0.39 is 40.7 Å². The summed E-state index contributed by atoms with van der Waals surface area (Å²) in [5.41, 5.74) is -2.09. The van der Waals surface area contributed by atoms with E-state index in [1.54, 1.807) is 27.8 Å². The molecule has 142 valence electrons. The number of nitrogens with zero attached hydrogens (tertiary/aromatic N) is 2. The molecule has 1 aliphatic rings. The molecule has 0 aliphatic carbocycles. The van der Waals surface area contributed by atoms with Crippen LogP contribution in [0.1, 0.15) is 44.0 Å². The molecule has 1 aromatic rings. The number of hydrogen-bond donors (Lipinski definition) is 3. The Balaban J connectivity index is 2.21. The Morgan fingerprint density at radius 1 is 1.38 bits per heavy atom. The van der Waals surface area contributed by atoms with E-state index in [1.165, 1.54) is 0 Å². The van der Waals surface area contributed by atoms with Crippen LogP contribution >= 0.6 is 0 Å². The summed E-state index contributed by atoms with van der Waals surface area (Å²) in [5.74, 6) is -2.03. The molecule has 2 rings (SSSR count). The Hall–Kier alpha value is -2.75. The van der Waals surface area contributed by atoms with Crippen LogP contribution in [0, 0.1) is 0 Å². The smallest absolute Gasteiger partial charge is 0.477 e. The molecule has 10 heteroatoms. The predicted molar refractivity (Wildman–Crippen MR) is 90.8 cm³/mol. The van der Waals surface area contributed by atoms with Gasteiger partial charge in [0.25, 0.3) is 11.5 Å². The van der Waals surface area contributed by atoms with Crippen molar-refractivity contribution < 1.29 is 28.7 Å². The van der Waals surface area contributed by atoms with Crippen LogP contribution in [0.15, 0.2) is 10.9 Å². The normalized spacial score (nSPS) is 22.7. The van der Waals surface area contributed by atoms with E-state index in [9.17, 15) is 19.2 Å². The van der Waals surface area contributed by atoms with Crippen molar-refractivity contribution in [3.05, 3.63) is 22.0 Å². The number of hydrogen-bond acceptors (Lipinski definition) is 6. The third kappa shape index (κ3) is 4.07. The number of rotatable bonds is 3. The summed E-state index contributed by atoms with van der Waals surface area (Å²) in [5, 5.41) is 17.1. The molecule has 1 unspecified atom stereocenters. The molecule has 0 bridgehead atoms. The van der Waals surface area contributed by atoms with Gasteiger partial charge in [0.1, 0.15) is 11.2 Å². The van der Waals surface area contributed by atoms with E-state index in [2.05, 4.69) is 10.4 Å². The van der Waals surface area contributed by atoms with Gasteiger partial charge < -0.3 is 15.2 Å². The van der Waals surface area contributed by atoms with Crippen molar-refractivity contribution >= 4 is 23.8 Å². The molecule has 1 aliphatic heterocycles. The van der Waals surface area contributed by atoms with Crippen LogP contribution in [0.4, 0.5) is 10.6 Å². The summed E-state index contributed by atoms with van der Waals surface area (Å²) in [6, 6.07) is 0.276. The monoisotopic (exact) mass is 367 g/mol. The van der Waals surface area contributed by atoms with Crippen molar-refractivity contribution in [1.82, 2.24) is 10.2 Å². The van der Waals surface area contributed by atoms with Gasteiger partial charge in [-0.25, -0.2) is 14.4 Å². The largest absolute Gasteiger partial charge is 0.516 e. The number of aromatic amines is 1. The second-order valence-electron chi connectivity index (χ2n) is 7.42. The lowest BCUT2D eigenvalue weighted by Gasteiger charge is -2.33. The lowest BCUT2D eigenvalue weighted by Crippen LogP contribution is -2.58. The number of likely N-dealkylation sites (tertiary alicyclic amines) is 1. The van der Waals surface area contributed by atoms with Gasteiger partial charge in [0.05, 0.1) is 13.6 Å². The molecule has 1 saturated heterocycles. The number of amides is 2. The number of anilines is 1. The SMILES string of the molecule is CC(C)(C)OC(=O)[N+]1(C)CCC[C@H]1C(=O)Nc1cc(C(=O)O)c(=O)[nH]n1. The number of nitrogens with one attached hydrogen (secondary N) is 2. The van der Waals surface area contributed by atoms with Crippen molar-refractivity contribution in [2.45, 2.75) is 45.3 Å². The summed E-state index contributed by atoms with van der Waals surface area (Å²) in [6.07, 6.45) is 0.625. The zero-order valence-corrected chi connectivity index (χ0v) is 15.2. The summed E-state index contributed by atoms with van der Waals surface area (Å²) < 4.78 is 5.22. The number of carbonyl (C=O) groups excluding carboxylic acids is 2. The molecule has 2 atom stereocenters. The third-order valence-corrected chi connectivity index (χ3v) is 4.19. The van der Waals surface area contributed by atoms with Crippen molar-refractivity contribution in [3.63, 3.8) is 0 Å². The number of carboxylic acid groups (broad SMARTS) is 1. The first-order valence-electron chi connectivity index (χ1n) is 8.17. The number of ether oxygens (including phenoxy) is 1. The number of H-pyrrole nitrogens is 1. The second kappa shape index (κ2) is 6.87. The van der Waals surface area contributed by atoms with Crippen LogP contribution < -0.4 is 10.9 Å². The quantitative estimate of drug-likeness (QED) is 0.676. The van der Waals surface area contributed by atoms with Crippen LogP contribution in [-0.2, 0) is 9.53 Å². The molecule has 0 radical (unpaired) electrons. The number of quaternary nitrogens is 1. The van der Waals surface area contributed by atoms with E-state index in [-0.39, 0.29) is 10.3 Å². The first-order valence-corrected chi connectivity index (χ1v) is 8.17. The minimum atomic E-state index is -1.43. The van der Waals surface area contributed by atoms with Gasteiger partial charge >= 0.3 is 12.1 Å². The zero-order valence-electron chi connectivity index (χ0n) is 15.2. The number of likely N-dealkylation sites (N-methyl/N-ethyl adjacent to an activating group) is 1. The fourth-order valence-electron chi connectivity index (χ4n) is 2.87. The average molecular weight is 367 g/mol. The van der Waals surface area contributed by atoms with Crippen LogP contribution in [0.2, 0.25) is 0 Å². The van der Waals surface area contributed by atoms with Crippen molar-refractivity contribution in [2.24, 2.45) is 0 Å². The summed E-state index contributed by atoms with van der Waals surface area (Å²) in [4.78, 5) is 47.6. The van der Waals surface area contributed by atoms with Gasteiger partial charge in [-0.05, 0) is 20.8 Å². The highest BCUT2D eigenvalue weighted by Gasteiger charge is 2.51. The number of carbonyl (C=O) groups is 3. The molecule has 3 N–H and O–H groups in total. The molecule has 0 aromatic carbocycles. The molecular formula is C16H23N4O6+. The Bertz CT molecular complexity index is 797. The van der Waals surface area contributed by atoms with Gasteiger partial charge in [0.15, 0.2) is 11.9 Å². The first-order chi connectivity index (χ1) is 11.9. The molecule has 1 aromatic heterocycles. The highest BCUT2D eigenvalue weighted by molar-refractivity contribution is 5.95. The molecular weight excluding hydrogens is 344 g/mol. The predicted octanol–water partition coefficient (Wildman–Crippen LogP) is 0.951. The third-order valence-electron chi connectivity index (χ3n) is 4.19. The minimum absolute atomic E-state index is 0.102. The van der Waals surface area contributed by atoms with Crippen molar-refractivity contribution in [2.75, 3.05) is 18.9 Å². The first kappa shape index (κ1) is 19.6. The fraction of sp³-hybridized carbons (Fsp3) is 0.562. The van der Waals surface area contributed by atoms with E-state index in [0.29, 0.717) is 19.4 Å². The van der Waals surface area contributed by atoms with Gasteiger partial charge in [-0.2, -0.15) is 9.89 Å². The Labute approximate surface area is 149 Å². The lowest BCUT2D eigenvalue weighted by atomic mass is 10.2. The second-order valence-corrected chi connectivity index (χ2v) is 7.42. The van der Waals surface area contributed by atoms with Crippen LogP contribution in [0.5, 0.6) is 0 Å². The topological polar surface area (TPSA) is 138 Å². The van der Waals surface area contributed by atoms with Gasteiger partial charge in [0.2, 0.25) is 0 Å². The summed E-state index contributed by atoms with van der Waals surface area (Å²) in [6.45, 7) is 5.70. The number of carboxylic acids is 1. The van der Waals surface area contributed by atoms with Crippen LogP contribution in [0.3, 0.4) is 0 Å². The fourth-order valence-corrected chi connectivity index (χ4v) is 2.87. The zero-order chi connectivity index (χ0) is 19.7. The Morgan fingerprint density at radius 2 is 2.04 bits per heavy atom. The molecule has 26 heavy (non-hydrogen) atoms. The van der Waals surface area contributed by atoms with Crippen LogP contribution in [0.25, 0.3) is 0 Å². The highest BCUT2D eigenvalue weighted by Crippen LogP contribution is 2.28. The minimum Gasteiger partial charge on any atom is -0.477 e. The molecule has 2 amide bonds. The van der Waals surface area contributed by atoms with Crippen molar-refractivity contribution in [3.8, 4) is 0 Å². The highest BCUT2D eigenvalue weighted by atomic mass is 16.6. The van der Waals surface area contributed by atoms with E-state index in [4.69, 9.17) is 9.84 Å². The average Bonchev–Trinajstić information content (AvgIpc) is 2.90. The maximum Gasteiger partial charge on any atom is 0.516 e. The van der Waals surface area contributed by atoms with E-state index >= 15 is 0 Å². The standard InChI is InChI=1S/C16H22N4O6/c1-16(2,3)26-15(25)20(4)7-5-6-10(20)13(22)17-11-8-9(14(23)24)12(21)19-18-11/h8,10H,5-7H2,1-4H3,(H2-,17,18,19,21,22,23,24)/p+1/t10-,20?/m0/s1. The Kier molecular flexibility index (Phi) is 5.17. The molecule has 1 fully saturated rings. The molecule has 0 spiro atoms. The van der Waals surface area contributed by atoms with Gasteiger partial charge in [-0.15, -0.1) is 0 Å². The van der Waals surface area contributed by atoms with E-state index in [0.717, 1.165) is 6.07 Å². The maximum atomic E-state index is 12.7. The van der Waals surface area contributed by atoms with Crippen molar-refractivity contribution in [1.29, 1.82) is 0 Å².